The third-order valence-corrected chi connectivity index (χ3v) is 3.44. The number of fused-ring (bicyclic) bond motifs is 1. The van der Waals surface area contributed by atoms with Crippen molar-refractivity contribution in [2.24, 2.45) is 0 Å². The first-order valence-corrected chi connectivity index (χ1v) is 5.96. The second kappa shape index (κ2) is 4.86. The minimum absolute atomic E-state index is 0.0630. The smallest absolute Gasteiger partial charge is 0.340 e. The molecule has 0 spiro atoms. The second-order valence-electron chi connectivity index (χ2n) is 3.61. The molecule has 0 saturated heterocycles. The van der Waals surface area contributed by atoms with Gasteiger partial charge in [-0.05, 0) is 15.9 Å². The highest BCUT2D eigenvalue weighted by Crippen LogP contribution is 2.43. The van der Waals surface area contributed by atoms with Crippen LogP contribution in [-0.2, 0) is 0 Å². The van der Waals surface area contributed by atoms with Gasteiger partial charge in [0, 0.05) is 10.8 Å². The summed E-state index contributed by atoms with van der Waals surface area (Å²) in [7, 11) is 2.96. The fraction of sp³-hybridized carbons (Fsp3) is 0.154. The van der Waals surface area contributed by atoms with Gasteiger partial charge in [0.1, 0.15) is 17.1 Å². The molecule has 0 heterocycles. The number of methoxy groups -OCH3 is 2. The van der Waals surface area contributed by atoms with Gasteiger partial charge in [-0.2, -0.15) is 0 Å². The predicted molar refractivity (Wildman–Crippen MR) is 71.7 cm³/mol. The Morgan fingerprint density at radius 2 is 1.61 bits per heavy atom. The van der Waals surface area contributed by atoms with E-state index in [1.165, 1.54) is 14.2 Å². The molecule has 2 aromatic rings. The average molecular weight is 311 g/mol. The molecule has 4 nitrogen and oxygen atoms in total. The van der Waals surface area contributed by atoms with Gasteiger partial charge in [0.15, 0.2) is 0 Å². The summed E-state index contributed by atoms with van der Waals surface area (Å²) in [4.78, 5) is 11.3. The first-order chi connectivity index (χ1) is 8.61. The number of hydrogen-bond acceptors (Lipinski definition) is 3. The Labute approximate surface area is 112 Å². The molecule has 94 valence electrons. The molecule has 0 aromatic heterocycles. The van der Waals surface area contributed by atoms with Crippen LogP contribution in [0.5, 0.6) is 11.5 Å². The number of carboxylic acid groups (broad SMARTS) is 1. The highest BCUT2D eigenvalue weighted by atomic mass is 79.9. The lowest BCUT2D eigenvalue weighted by molar-refractivity contribution is 0.0692. The molecule has 1 N–H and O–H groups in total. The van der Waals surface area contributed by atoms with Gasteiger partial charge < -0.3 is 14.6 Å². The molecule has 0 fully saturated rings. The van der Waals surface area contributed by atoms with E-state index in [4.69, 9.17) is 9.47 Å². The number of aromatic carboxylic acids is 1. The monoisotopic (exact) mass is 310 g/mol. The highest BCUT2D eigenvalue weighted by molar-refractivity contribution is 9.10. The summed E-state index contributed by atoms with van der Waals surface area (Å²) in [5, 5.41) is 10.8. The van der Waals surface area contributed by atoms with E-state index < -0.39 is 5.97 Å². The number of benzene rings is 2. The van der Waals surface area contributed by atoms with E-state index in [1.807, 2.05) is 18.2 Å². The van der Waals surface area contributed by atoms with Crippen LogP contribution in [0.4, 0.5) is 0 Å². The van der Waals surface area contributed by atoms with E-state index in [9.17, 15) is 9.90 Å². The number of hydrogen-bond donors (Lipinski definition) is 1. The number of rotatable bonds is 3. The summed E-state index contributed by atoms with van der Waals surface area (Å²) in [6.45, 7) is 0. The Bertz CT molecular complexity index is 622. The van der Waals surface area contributed by atoms with Crippen LogP contribution < -0.4 is 9.47 Å². The van der Waals surface area contributed by atoms with Crippen molar-refractivity contribution < 1.29 is 19.4 Å². The third kappa shape index (κ3) is 1.80. The van der Waals surface area contributed by atoms with Gasteiger partial charge in [-0.15, -0.1) is 0 Å². The van der Waals surface area contributed by atoms with Crippen LogP contribution in [0.25, 0.3) is 10.8 Å². The van der Waals surface area contributed by atoms with Gasteiger partial charge in [0.25, 0.3) is 0 Å². The van der Waals surface area contributed by atoms with Crippen molar-refractivity contribution in [1.29, 1.82) is 0 Å². The SMILES string of the molecule is COc1c(Br)c(C(=O)O)c(OC)c2ccccc12. The van der Waals surface area contributed by atoms with Gasteiger partial charge in [-0.3, -0.25) is 0 Å². The summed E-state index contributed by atoms with van der Waals surface area (Å²) >= 11 is 3.27. The first kappa shape index (κ1) is 12.7. The Morgan fingerprint density at radius 1 is 1.11 bits per heavy atom. The van der Waals surface area contributed by atoms with Crippen LogP contribution in [0, 0.1) is 0 Å². The Hall–Kier alpha value is -1.75. The highest BCUT2D eigenvalue weighted by Gasteiger charge is 2.23. The zero-order valence-corrected chi connectivity index (χ0v) is 11.4. The number of carboxylic acids is 1. The topological polar surface area (TPSA) is 55.8 Å². The normalized spacial score (nSPS) is 10.4. The lowest BCUT2D eigenvalue weighted by atomic mass is 10.0. The van der Waals surface area contributed by atoms with Crippen LogP contribution in [-0.4, -0.2) is 25.3 Å². The Morgan fingerprint density at radius 3 is 2.06 bits per heavy atom. The van der Waals surface area contributed by atoms with Crippen molar-refractivity contribution in [1.82, 2.24) is 0 Å². The van der Waals surface area contributed by atoms with Crippen molar-refractivity contribution in [2.75, 3.05) is 14.2 Å². The molecule has 0 aliphatic carbocycles. The molecule has 0 aliphatic rings. The van der Waals surface area contributed by atoms with Crippen molar-refractivity contribution in [3.63, 3.8) is 0 Å². The quantitative estimate of drug-likeness (QED) is 0.945. The molecule has 0 radical (unpaired) electrons. The number of carbonyl (C=O) groups is 1. The van der Waals surface area contributed by atoms with Gasteiger partial charge in [0.05, 0.1) is 18.7 Å². The van der Waals surface area contributed by atoms with Crippen molar-refractivity contribution >= 4 is 32.7 Å². The van der Waals surface area contributed by atoms with Gasteiger partial charge in [-0.25, -0.2) is 4.79 Å². The van der Waals surface area contributed by atoms with Crippen LogP contribution >= 0.6 is 15.9 Å². The van der Waals surface area contributed by atoms with Crippen molar-refractivity contribution in [3.05, 3.63) is 34.3 Å². The fourth-order valence-corrected chi connectivity index (χ4v) is 2.67. The largest absolute Gasteiger partial charge is 0.495 e. The lowest BCUT2D eigenvalue weighted by Crippen LogP contribution is -2.04. The zero-order valence-electron chi connectivity index (χ0n) is 9.86. The number of halogens is 1. The molecule has 0 unspecified atom stereocenters. The average Bonchev–Trinajstić information content (AvgIpc) is 2.36. The number of ether oxygens (including phenoxy) is 2. The fourth-order valence-electron chi connectivity index (χ4n) is 1.95. The van der Waals surface area contributed by atoms with E-state index in [-0.39, 0.29) is 5.56 Å². The predicted octanol–water partition coefficient (Wildman–Crippen LogP) is 3.32. The van der Waals surface area contributed by atoms with E-state index in [0.717, 1.165) is 5.39 Å². The third-order valence-electron chi connectivity index (χ3n) is 2.68. The Kier molecular flexibility index (Phi) is 3.43. The summed E-state index contributed by atoms with van der Waals surface area (Å²) in [5.74, 6) is -0.252. The van der Waals surface area contributed by atoms with Crippen LogP contribution in [0.3, 0.4) is 0 Å². The molecule has 2 rings (SSSR count). The van der Waals surface area contributed by atoms with Crippen molar-refractivity contribution in [3.8, 4) is 11.5 Å². The van der Waals surface area contributed by atoms with E-state index >= 15 is 0 Å². The summed E-state index contributed by atoms with van der Waals surface area (Å²) in [5.41, 5.74) is 0.0630. The molecule has 0 saturated carbocycles. The minimum atomic E-state index is -1.07. The second-order valence-corrected chi connectivity index (χ2v) is 4.40. The molecule has 0 aliphatic heterocycles. The molecular weight excluding hydrogens is 300 g/mol. The molecule has 18 heavy (non-hydrogen) atoms. The maximum atomic E-state index is 11.3. The van der Waals surface area contributed by atoms with Gasteiger partial charge in [-0.1, -0.05) is 24.3 Å². The standard InChI is InChI=1S/C13H11BrO4/c1-17-11-7-5-3-4-6-8(7)12(18-2)10(14)9(11)13(15)16/h3-6H,1-2H3,(H,15,16). The Balaban J connectivity index is 3.00. The van der Waals surface area contributed by atoms with E-state index in [0.29, 0.717) is 21.4 Å². The maximum Gasteiger partial charge on any atom is 0.340 e. The molecule has 0 atom stereocenters. The first-order valence-electron chi connectivity index (χ1n) is 5.17. The molecule has 2 aromatic carbocycles. The maximum absolute atomic E-state index is 11.3. The molecule has 0 bridgehead atoms. The van der Waals surface area contributed by atoms with E-state index in [2.05, 4.69) is 15.9 Å². The van der Waals surface area contributed by atoms with Gasteiger partial charge >= 0.3 is 5.97 Å². The molecule has 0 amide bonds. The van der Waals surface area contributed by atoms with Gasteiger partial charge in [0.2, 0.25) is 0 Å². The summed E-state index contributed by atoms with van der Waals surface area (Å²) < 4.78 is 10.9. The lowest BCUT2D eigenvalue weighted by Gasteiger charge is -2.15. The molecular formula is C13H11BrO4. The minimum Gasteiger partial charge on any atom is -0.495 e. The summed E-state index contributed by atoms with van der Waals surface area (Å²) in [6.07, 6.45) is 0. The molecule has 5 heteroatoms. The zero-order chi connectivity index (χ0) is 13.3. The van der Waals surface area contributed by atoms with E-state index in [1.54, 1.807) is 6.07 Å². The van der Waals surface area contributed by atoms with Crippen LogP contribution in [0.1, 0.15) is 10.4 Å². The van der Waals surface area contributed by atoms with Crippen LogP contribution in [0.15, 0.2) is 28.7 Å². The van der Waals surface area contributed by atoms with Crippen LogP contribution in [0.2, 0.25) is 0 Å². The van der Waals surface area contributed by atoms with Crippen molar-refractivity contribution in [2.45, 2.75) is 0 Å². The summed E-state index contributed by atoms with van der Waals surface area (Å²) in [6, 6.07) is 7.34.